The van der Waals surface area contributed by atoms with E-state index in [9.17, 15) is 0 Å². The fourth-order valence-corrected chi connectivity index (χ4v) is 4.80. The third-order valence-electron chi connectivity index (χ3n) is 5.66. The topological polar surface area (TPSA) is 35.2 Å². The summed E-state index contributed by atoms with van der Waals surface area (Å²) in [6, 6.07) is 33.4. The molecule has 3 heteroatoms. The second kappa shape index (κ2) is 8.89. The normalized spacial score (nSPS) is 11.2. The second-order valence-corrected chi connectivity index (χ2v) is 14.1. The highest BCUT2D eigenvalue weighted by Crippen LogP contribution is 2.28. The number of anilines is 1. The third-order valence-corrected chi connectivity index (χ3v) is 7.73. The molecule has 2 N–H and O–H groups in total. The van der Waals surface area contributed by atoms with Gasteiger partial charge in [-0.1, -0.05) is 116 Å². The van der Waals surface area contributed by atoms with E-state index < -0.39 is 8.07 Å². The molecule has 160 valence electrons. The van der Waals surface area contributed by atoms with Crippen molar-refractivity contribution in [2.75, 3.05) is 5.73 Å². The Labute approximate surface area is 192 Å². The van der Waals surface area contributed by atoms with Gasteiger partial charge in [0, 0.05) is 5.56 Å². The van der Waals surface area contributed by atoms with Crippen LogP contribution in [0.5, 0.6) is 5.75 Å². The molecule has 4 aromatic rings. The van der Waals surface area contributed by atoms with Gasteiger partial charge in [0.15, 0.2) is 0 Å². The first-order chi connectivity index (χ1) is 15.3. The Balaban J connectivity index is 1.47. The predicted octanol–water partition coefficient (Wildman–Crippen LogP) is 7.20. The van der Waals surface area contributed by atoms with E-state index in [-0.39, 0.29) is 0 Å². The highest BCUT2D eigenvalue weighted by atomic mass is 28.3. The Kier molecular flexibility index (Phi) is 6.02. The number of nitrogens with two attached hydrogens (primary N) is 1. The zero-order valence-corrected chi connectivity index (χ0v) is 19.9. The number of hydrogen-bond acceptors (Lipinski definition) is 2. The van der Waals surface area contributed by atoms with Crippen LogP contribution in [0, 0.1) is 0 Å². The van der Waals surface area contributed by atoms with Gasteiger partial charge in [0.25, 0.3) is 0 Å². The summed E-state index contributed by atoms with van der Waals surface area (Å²) in [4.78, 5) is 0. The van der Waals surface area contributed by atoms with Crippen molar-refractivity contribution in [1.82, 2.24) is 0 Å². The van der Waals surface area contributed by atoms with Gasteiger partial charge in [0.1, 0.15) is 11.5 Å². The highest BCUT2D eigenvalue weighted by Gasteiger charge is 2.15. The minimum Gasteiger partial charge on any atom is -0.455 e. The van der Waals surface area contributed by atoms with Crippen molar-refractivity contribution < 1.29 is 4.74 Å². The summed E-state index contributed by atoms with van der Waals surface area (Å²) in [7, 11) is -1.27. The highest BCUT2D eigenvalue weighted by molar-refractivity contribution is 6.88. The van der Waals surface area contributed by atoms with E-state index in [2.05, 4.69) is 86.9 Å². The molecular weight excluding hydrogens is 406 g/mol. The van der Waals surface area contributed by atoms with Crippen molar-refractivity contribution in [3.05, 3.63) is 109 Å². The van der Waals surface area contributed by atoms with Gasteiger partial charge < -0.3 is 10.5 Å². The third kappa shape index (κ3) is 4.84. The van der Waals surface area contributed by atoms with Crippen LogP contribution in [0.2, 0.25) is 19.6 Å². The predicted molar refractivity (Wildman–Crippen MR) is 141 cm³/mol. The zero-order chi connectivity index (χ0) is 22.7. The summed E-state index contributed by atoms with van der Waals surface area (Å²) in [6.45, 7) is 11.2. The molecule has 4 rings (SSSR count). The maximum atomic E-state index is 5.96. The lowest BCUT2D eigenvalue weighted by Gasteiger charge is -2.16. The molecule has 0 radical (unpaired) electrons. The molecule has 0 heterocycles. The molecule has 0 unspecified atom stereocenters. The minimum atomic E-state index is -1.27. The van der Waals surface area contributed by atoms with Crippen LogP contribution in [-0.2, 0) is 0 Å². The SMILES string of the molecule is C=C(Oc1ccccc1N)c1ccc(-c2ccc(-c3ccc([Si](C)(C)C)cc3)cc2)cc1. The maximum Gasteiger partial charge on any atom is 0.150 e. The van der Waals surface area contributed by atoms with Crippen LogP contribution in [0.25, 0.3) is 28.0 Å². The fourth-order valence-electron chi connectivity index (χ4n) is 3.63. The molecule has 2 nitrogen and oxygen atoms in total. The van der Waals surface area contributed by atoms with E-state index in [4.69, 9.17) is 10.5 Å². The molecule has 32 heavy (non-hydrogen) atoms. The average Bonchev–Trinajstić information content (AvgIpc) is 2.80. The van der Waals surface area contributed by atoms with E-state index in [1.54, 1.807) is 0 Å². The van der Waals surface area contributed by atoms with Crippen LogP contribution in [0.4, 0.5) is 5.69 Å². The summed E-state index contributed by atoms with van der Waals surface area (Å²) < 4.78 is 5.85. The molecular formula is C29H29NOSi. The molecule has 0 saturated carbocycles. The van der Waals surface area contributed by atoms with Crippen molar-refractivity contribution >= 4 is 24.7 Å². The number of nitrogen functional groups attached to an aromatic ring is 1. The maximum absolute atomic E-state index is 5.96. The van der Waals surface area contributed by atoms with Crippen LogP contribution in [0.1, 0.15) is 5.56 Å². The van der Waals surface area contributed by atoms with Crippen molar-refractivity contribution in [2.45, 2.75) is 19.6 Å². The summed E-state index contributed by atoms with van der Waals surface area (Å²) >= 11 is 0. The molecule has 0 amide bonds. The van der Waals surface area contributed by atoms with Crippen molar-refractivity contribution in [3.63, 3.8) is 0 Å². The van der Waals surface area contributed by atoms with Crippen molar-refractivity contribution in [2.24, 2.45) is 0 Å². The number of rotatable bonds is 6. The van der Waals surface area contributed by atoms with Crippen molar-refractivity contribution in [1.29, 1.82) is 0 Å². The van der Waals surface area contributed by atoms with E-state index in [1.165, 1.54) is 21.9 Å². The van der Waals surface area contributed by atoms with Gasteiger partial charge in [-0.3, -0.25) is 0 Å². The smallest absolute Gasteiger partial charge is 0.150 e. The van der Waals surface area contributed by atoms with Gasteiger partial charge in [-0.25, -0.2) is 0 Å². The Bertz CT molecular complexity index is 1220. The number of ether oxygens (including phenoxy) is 1. The molecule has 0 fully saturated rings. The lowest BCUT2D eigenvalue weighted by molar-refractivity contribution is 0.519. The molecule has 0 bridgehead atoms. The first-order valence-corrected chi connectivity index (χ1v) is 14.3. The van der Waals surface area contributed by atoms with Gasteiger partial charge >= 0.3 is 0 Å². The number of para-hydroxylation sites is 2. The lowest BCUT2D eigenvalue weighted by atomic mass is 9.99. The Morgan fingerprint density at radius 1 is 0.656 bits per heavy atom. The molecule has 0 spiro atoms. The van der Waals surface area contributed by atoms with Gasteiger partial charge in [-0.05, 0) is 34.4 Å². The van der Waals surface area contributed by atoms with Gasteiger partial charge in [-0.15, -0.1) is 0 Å². The van der Waals surface area contributed by atoms with Crippen LogP contribution < -0.4 is 15.7 Å². The number of benzene rings is 4. The monoisotopic (exact) mass is 435 g/mol. The van der Waals surface area contributed by atoms with E-state index in [0.717, 1.165) is 11.1 Å². The van der Waals surface area contributed by atoms with Gasteiger partial charge in [0.2, 0.25) is 0 Å². The van der Waals surface area contributed by atoms with Gasteiger partial charge in [0.05, 0.1) is 13.8 Å². The quantitative estimate of drug-likeness (QED) is 0.197. The van der Waals surface area contributed by atoms with Crippen LogP contribution in [-0.4, -0.2) is 8.07 Å². The molecule has 0 aliphatic rings. The lowest BCUT2D eigenvalue weighted by Crippen LogP contribution is -2.37. The molecule has 0 aliphatic carbocycles. The first-order valence-electron chi connectivity index (χ1n) is 10.8. The Morgan fingerprint density at radius 3 is 1.56 bits per heavy atom. The van der Waals surface area contributed by atoms with Crippen LogP contribution in [0.15, 0.2) is 104 Å². The minimum absolute atomic E-state index is 0.576. The van der Waals surface area contributed by atoms with E-state index in [0.29, 0.717) is 17.2 Å². The van der Waals surface area contributed by atoms with E-state index >= 15 is 0 Å². The van der Waals surface area contributed by atoms with Crippen LogP contribution >= 0.6 is 0 Å². The molecule has 0 saturated heterocycles. The average molecular weight is 436 g/mol. The molecule has 0 aromatic heterocycles. The summed E-state index contributed by atoms with van der Waals surface area (Å²) in [5, 5.41) is 1.48. The van der Waals surface area contributed by atoms with E-state index in [1.807, 2.05) is 36.4 Å². The van der Waals surface area contributed by atoms with Crippen LogP contribution in [0.3, 0.4) is 0 Å². The standard InChI is InChI=1S/C29H29NOSi/c1-21(31-29-8-6-5-7-28(29)30)22-9-11-23(12-10-22)24-13-15-25(16-14-24)26-17-19-27(20-18-26)32(2,3)4/h5-20H,1,30H2,2-4H3. The van der Waals surface area contributed by atoms with Gasteiger partial charge in [-0.2, -0.15) is 0 Å². The second-order valence-electron chi connectivity index (χ2n) is 9.05. The van der Waals surface area contributed by atoms with Crippen molar-refractivity contribution in [3.8, 4) is 28.0 Å². The zero-order valence-electron chi connectivity index (χ0n) is 18.9. The Morgan fingerprint density at radius 2 is 1.09 bits per heavy atom. The number of hydrogen-bond donors (Lipinski definition) is 1. The largest absolute Gasteiger partial charge is 0.455 e. The molecule has 4 aromatic carbocycles. The summed E-state index contributed by atoms with van der Waals surface area (Å²) in [5.74, 6) is 1.20. The molecule has 0 aliphatic heterocycles. The summed E-state index contributed by atoms with van der Waals surface area (Å²) in [5.41, 5.74) is 12.3. The Hall–Kier alpha value is -3.56. The molecule has 0 atom stereocenters. The first kappa shape index (κ1) is 21.7. The fraction of sp³-hybridized carbons (Fsp3) is 0.103. The summed E-state index contributed by atoms with van der Waals surface area (Å²) in [6.07, 6.45) is 0.